The molecule has 0 radical (unpaired) electrons. The van der Waals surface area contributed by atoms with Gasteiger partial charge in [-0.25, -0.2) is 0 Å². The van der Waals surface area contributed by atoms with Gasteiger partial charge in [0, 0.05) is 12.6 Å². The van der Waals surface area contributed by atoms with Crippen LogP contribution in [-0.4, -0.2) is 61.1 Å². The first-order valence-corrected chi connectivity index (χ1v) is 8.09. The van der Waals surface area contributed by atoms with Crippen molar-refractivity contribution in [2.75, 3.05) is 26.3 Å². The van der Waals surface area contributed by atoms with Crippen molar-refractivity contribution in [2.24, 2.45) is 5.92 Å². The Morgan fingerprint density at radius 3 is 2.81 bits per heavy atom. The van der Waals surface area contributed by atoms with Gasteiger partial charge in [-0.2, -0.15) is 0 Å². The monoisotopic (exact) mass is 295 g/mol. The van der Waals surface area contributed by atoms with E-state index in [1.165, 1.54) is 0 Å². The lowest BCUT2D eigenvalue weighted by atomic mass is 9.91. The van der Waals surface area contributed by atoms with Gasteiger partial charge in [0.2, 0.25) is 11.8 Å². The molecule has 1 aliphatic carbocycles. The number of morpholine rings is 1. The van der Waals surface area contributed by atoms with Gasteiger partial charge in [-0.15, -0.1) is 0 Å². The number of hydrogen-bond acceptors (Lipinski definition) is 4. The lowest BCUT2D eigenvalue weighted by molar-refractivity contribution is -0.151. The van der Waals surface area contributed by atoms with Crippen molar-refractivity contribution in [3.05, 3.63) is 0 Å². The van der Waals surface area contributed by atoms with Gasteiger partial charge < -0.3 is 20.3 Å². The third kappa shape index (κ3) is 3.37. The Kier molecular flexibility index (Phi) is 4.45. The zero-order valence-electron chi connectivity index (χ0n) is 12.6. The first-order chi connectivity index (χ1) is 10.2. The number of carbonyl (C=O) groups is 2. The zero-order chi connectivity index (χ0) is 14.8. The van der Waals surface area contributed by atoms with Crippen molar-refractivity contribution in [2.45, 2.75) is 50.7 Å². The molecule has 2 amide bonds. The van der Waals surface area contributed by atoms with Crippen molar-refractivity contribution < 1.29 is 14.3 Å². The van der Waals surface area contributed by atoms with E-state index in [0.717, 1.165) is 32.2 Å². The second kappa shape index (κ2) is 6.32. The molecule has 3 fully saturated rings. The third-order valence-corrected chi connectivity index (χ3v) is 4.67. The van der Waals surface area contributed by atoms with Crippen molar-refractivity contribution >= 4 is 11.8 Å². The standard InChI is InChI=1S/C15H25N3O3/c1-10-3-2-6-16-13(10)15(20)18-7-8-21-9-12(18)14(19)17-11-4-5-11/h10-13,16H,2-9H2,1H3,(H,17,19). The Bertz CT molecular complexity index is 411. The van der Waals surface area contributed by atoms with E-state index in [1.54, 1.807) is 4.90 Å². The van der Waals surface area contributed by atoms with E-state index in [4.69, 9.17) is 4.74 Å². The smallest absolute Gasteiger partial charge is 0.245 e. The molecule has 0 aromatic carbocycles. The number of piperidine rings is 1. The molecular weight excluding hydrogens is 270 g/mol. The van der Waals surface area contributed by atoms with E-state index < -0.39 is 6.04 Å². The quantitative estimate of drug-likeness (QED) is 0.761. The minimum Gasteiger partial charge on any atom is -0.377 e. The van der Waals surface area contributed by atoms with Gasteiger partial charge in [-0.3, -0.25) is 9.59 Å². The van der Waals surface area contributed by atoms with Crippen LogP contribution >= 0.6 is 0 Å². The normalized spacial score (nSPS) is 33.6. The lowest BCUT2D eigenvalue weighted by Crippen LogP contribution is -2.61. The molecule has 6 heteroatoms. The van der Waals surface area contributed by atoms with Crippen LogP contribution in [-0.2, 0) is 14.3 Å². The number of nitrogens with one attached hydrogen (secondary N) is 2. The molecule has 2 aliphatic heterocycles. The van der Waals surface area contributed by atoms with Crippen molar-refractivity contribution in [3.63, 3.8) is 0 Å². The van der Waals surface area contributed by atoms with E-state index in [0.29, 0.717) is 31.7 Å². The second-order valence-corrected chi connectivity index (χ2v) is 6.46. The summed E-state index contributed by atoms with van der Waals surface area (Å²) in [5.74, 6) is 0.316. The molecule has 118 valence electrons. The summed E-state index contributed by atoms with van der Waals surface area (Å²) in [5.41, 5.74) is 0. The van der Waals surface area contributed by atoms with E-state index in [9.17, 15) is 9.59 Å². The SMILES string of the molecule is CC1CCCNC1C(=O)N1CCOCC1C(=O)NC1CC1. The first-order valence-electron chi connectivity index (χ1n) is 8.09. The minimum absolute atomic E-state index is 0.0569. The molecule has 2 heterocycles. The van der Waals surface area contributed by atoms with E-state index >= 15 is 0 Å². The largest absolute Gasteiger partial charge is 0.377 e. The van der Waals surface area contributed by atoms with Gasteiger partial charge >= 0.3 is 0 Å². The molecule has 3 unspecified atom stereocenters. The summed E-state index contributed by atoms with van der Waals surface area (Å²) in [7, 11) is 0. The maximum Gasteiger partial charge on any atom is 0.245 e. The van der Waals surface area contributed by atoms with Crippen LogP contribution in [0.25, 0.3) is 0 Å². The predicted molar refractivity (Wildman–Crippen MR) is 77.7 cm³/mol. The Morgan fingerprint density at radius 1 is 1.29 bits per heavy atom. The van der Waals surface area contributed by atoms with Gasteiger partial charge in [0.05, 0.1) is 19.3 Å². The number of ether oxygens (including phenoxy) is 1. The van der Waals surface area contributed by atoms with E-state index in [-0.39, 0.29) is 17.9 Å². The van der Waals surface area contributed by atoms with Crippen LogP contribution in [0.2, 0.25) is 0 Å². The molecule has 3 rings (SSSR count). The molecule has 0 aromatic heterocycles. The van der Waals surface area contributed by atoms with Crippen LogP contribution < -0.4 is 10.6 Å². The second-order valence-electron chi connectivity index (χ2n) is 6.46. The summed E-state index contributed by atoms with van der Waals surface area (Å²) in [6.07, 6.45) is 4.27. The highest BCUT2D eigenvalue weighted by atomic mass is 16.5. The molecule has 6 nitrogen and oxygen atoms in total. The highest BCUT2D eigenvalue weighted by Crippen LogP contribution is 2.22. The van der Waals surface area contributed by atoms with Crippen LogP contribution in [0.3, 0.4) is 0 Å². The van der Waals surface area contributed by atoms with Gasteiger partial charge in [-0.05, 0) is 38.1 Å². The zero-order valence-corrected chi connectivity index (χ0v) is 12.6. The molecule has 1 saturated carbocycles. The highest BCUT2D eigenvalue weighted by molar-refractivity contribution is 5.90. The summed E-state index contributed by atoms with van der Waals surface area (Å²) < 4.78 is 5.42. The molecule has 2 N–H and O–H groups in total. The Morgan fingerprint density at radius 2 is 2.10 bits per heavy atom. The molecule has 21 heavy (non-hydrogen) atoms. The number of carbonyl (C=O) groups excluding carboxylic acids is 2. The van der Waals surface area contributed by atoms with Crippen LogP contribution in [0.15, 0.2) is 0 Å². The maximum absolute atomic E-state index is 12.8. The molecule has 3 aliphatic rings. The van der Waals surface area contributed by atoms with Gasteiger partial charge in [0.25, 0.3) is 0 Å². The van der Waals surface area contributed by atoms with Gasteiger partial charge in [0.15, 0.2) is 0 Å². The summed E-state index contributed by atoms with van der Waals surface area (Å²) in [4.78, 5) is 26.9. The minimum atomic E-state index is -0.470. The Hall–Kier alpha value is -1.14. The van der Waals surface area contributed by atoms with Crippen LogP contribution in [0.4, 0.5) is 0 Å². The van der Waals surface area contributed by atoms with Crippen LogP contribution in [0.1, 0.15) is 32.6 Å². The first kappa shape index (κ1) is 14.8. The third-order valence-electron chi connectivity index (χ3n) is 4.67. The van der Waals surface area contributed by atoms with Crippen molar-refractivity contribution in [3.8, 4) is 0 Å². The van der Waals surface area contributed by atoms with E-state index in [2.05, 4.69) is 17.6 Å². The summed E-state index contributed by atoms with van der Waals surface area (Å²) in [6.45, 7) is 4.32. The lowest BCUT2D eigenvalue weighted by Gasteiger charge is -2.39. The maximum atomic E-state index is 12.8. The highest BCUT2D eigenvalue weighted by Gasteiger charge is 2.39. The molecule has 0 aromatic rings. The topological polar surface area (TPSA) is 70.7 Å². The molecular formula is C15H25N3O3. The average molecular weight is 295 g/mol. The number of hydrogen-bond donors (Lipinski definition) is 2. The van der Waals surface area contributed by atoms with Gasteiger partial charge in [-0.1, -0.05) is 6.92 Å². The molecule has 3 atom stereocenters. The van der Waals surface area contributed by atoms with Crippen LogP contribution in [0, 0.1) is 5.92 Å². The fourth-order valence-electron chi connectivity index (χ4n) is 3.17. The number of amides is 2. The fraction of sp³-hybridized carbons (Fsp3) is 0.867. The van der Waals surface area contributed by atoms with Crippen molar-refractivity contribution in [1.29, 1.82) is 0 Å². The van der Waals surface area contributed by atoms with Crippen LogP contribution in [0.5, 0.6) is 0 Å². The number of rotatable bonds is 3. The van der Waals surface area contributed by atoms with Gasteiger partial charge in [0.1, 0.15) is 6.04 Å². The van der Waals surface area contributed by atoms with Crippen molar-refractivity contribution in [1.82, 2.24) is 15.5 Å². The molecule has 0 spiro atoms. The summed E-state index contributed by atoms with van der Waals surface area (Å²) in [6, 6.07) is -0.320. The summed E-state index contributed by atoms with van der Waals surface area (Å²) in [5, 5.41) is 6.30. The average Bonchev–Trinajstić information content (AvgIpc) is 3.31. The molecule has 2 saturated heterocycles. The Labute approximate surface area is 125 Å². The fourth-order valence-corrected chi connectivity index (χ4v) is 3.17. The molecule has 0 bridgehead atoms. The Balaban J connectivity index is 1.67. The number of nitrogens with zero attached hydrogens (tertiary/aromatic N) is 1. The van der Waals surface area contributed by atoms with E-state index in [1.807, 2.05) is 0 Å². The summed E-state index contributed by atoms with van der Waals surface area (Å²) >= 11 is 0. The predicted octanol–water partition coefficient (Wildman–Crippen LogP) is -0.119.